The van der Waals surface area contributed by atoms with E-state index >= 15 is 0 Å². The van der Waals surface area contributed by atoms with Crippen molar-refractivity contribution in [1.82, 2.24) is 15.2 Å². The van der Waals surface area contributed by atoms with E-state index in [1.54, 1.807) is 42.5 Å². The first kappa shape index (κ1) is 21.8. The van der Waals surface area contributed by atoms with Gasteiger partial charge in [-0.1, -0.05) is 59.2 Å². The van der Waals surface area contributed by atoms with Crippen LogP contribution in [-0.2, 0) is 9.59 Å². The number of para-hydroxylation sites is 1. The highest BCUT2D eigenvalue weighted by Gasteiger charge is 2.14. The first-order chi connectivity index (χ1) is 14.3. The fraction of sp³-hybridized carbons (Fsp3) is 0.105. The highest BCUT2D eigenvalue weighted by molar-refractivity contribution is 7.99. The Morgan fingerprint density at radius 3 is 2.50 bits per heavy atom. The average molecular weight is 464 g/mol. The lowest BCUT2D eigenvalue weighted by Gasteiger charge is -2.09. The van der Waals surface area contributed by atoms with Crippen molar-refractivity contribution in [2.45, 2.75) is 12.1 Å². The minimum atomic E-state index is -0.497. The number of benzene rings is 2. The van der Waals surface area contributed by atoms with E-state index in [4.69, 9.17) is 23.2 Å². The van der Waals surface area contributed by atoms with Crippen LogP contribution >= 0.6 is 35.0 Å². The Morgan fingerprint density at radius 1 is 1.03 bits per heavy atom. The number of thioether (sulfide) groups is 1. The first-order valence-electron chi connectivity index (χ1n) is 8.56. The molecular formula is C19H15Cl2N5O3S. The van der Waals surface area contributed by atoms with E-state index in [2.05, 4.69) is 25.8 Å². The molecule has 1 heterocycles. The number of carbonyl (C=O) groups is 2. The summed E-state index contributed by atoms with van der Waals surface area (Å²) < 4.78 is 0. The van der Waals surface area contributed by atoms with Crippen LogP contribution in [-0.4, -0.2) is 32.7 Å². The number of hydrogen-bond donors (Lipinski definition) is 3. The van der Waals surface area contributed by atoms with E-state index in [9.17, 15) is 14.4 Å². The van der Waals surface area contributed by atoms with Gasteiger partial charge >= 0.3 is 0 Å². The topological polar surface area (TPSA) is 117 Å². The van der Waals surface area contributed by atoms with E-state index in [-0.39, 0.29) is 33.4 Å². The Labute approximate surface area is 185 Å². The maximum absolute atomic E-state index is 12.5. The van der Waals surface area contributed by atoms with Crippen LogP contribution in [0.3, 0.4) is 0 Å². The molecule has 0 saturated carbocycles. The van der Waals surface area contributed by atoms with Crippen molar-refractivity contribution < 1.29 is 9.59 Å². The number of aromatic nitrogens is 3. The monoisotopic (exact) mass is 463 g/mol. The third kappa shape index (κ3) is 5.38. The molecule has 0 fully saturated rings. The number of rotatable bonds is 6. The van der Waals surface area contributed by atoms with Crippen molar-refractivity contribution in [2.24, 2.45) is 0 Å². The predicted octanol–water partition coefficient (Wildman–Crippen LogP) is 3.83. The second kappa shape index (κ2) is 9.75. The van der Waals surface area contributed by atoms with Crippen molar-refractivity contribution in [3.8, 4) is 11.3 Å². The molecule has 3 N–H and O–H groups in total. The van der Waals surface area contributed by atoms with Gasteiger partial charge in [-0.2, -0.15) is 0 Å². The van der Waals surface area contributed by atoms with Gasteiger partial charge in [0.2, 0.25) is 11.8 Å². The second-order valence-electron chi connectivity index (χ2n) is 5.97. The SMILES string of the molecule is CC(=O)Nc1ccccc1-c1nnc(SCC(=O)Nc2cccc(Cl)c2Cl)[nH]c1=O. The fourth-order valence-electron chi connectivity index (χ4n) is 2.47. The molecule has 0 aliphatic rings. The maximum atomic E-state index is 12.5. The molecule has 11 heteroatoms. The molecule has 1 aromatic heterocycles. The van der Waals surface area contributed by atoms with Crippen LogP contribution < -0.4 is 16.2 Å². The zero-order chi connectivity index (χ0) is 21.7. The predicted molar refractivity (Wildman–Crippen MR) is 118 cm³/mol. The molecule has 0 aliphatic heterocycles. The van der Waals surface area contributed by atoms with Crippen molar-refractivity contribution in [1.29, 1.82) is 0 Å². The lowest BCUT2D eigenvalue weighted by atomic mass is 10.1. The summed E-state index contributed by atoms with van der Waals surface area (Å²) in [6, 6.07) is 11.7. The van der Waals surface area contributed by atoms with Crippen LogP contribution in [0.2, 0.25) is 10.0 Å². The molecule has 0 atom stereocenters. The Kier molecular flexibility index (Phi) is 7.09. The van der Waals surface area contributed by atoms with Gasteiger partial charge < -0.3 is 10.6 Å². The van der Waals surface area contributed by atoms with Gasteiger partial charge in [-0.3, -0.25) is 19.4 Å². The van der Waals surface area contributed by atoms with Crippen molar-refractivity contribution in [3.63, 3.8) is 0 Å². The lowest BCUT2D eigenvalue weighted by molar-refractivity contribution is -0.114. The summed E-state index contributed by atoms with van der Waals surface area (Å²) in [4.78, 5) is 38.6. The van der Waals surface area contributed by atoms with Crippen LogP contribution in [0.25, 0.3) is 11.3 Å². The number of amides is 2. The summed E-state index contributed by atoms with van der Waals surface area (Å²) in [7, 11) is 0. The molecule has 0 saturated heterocycles. The molecule has 2 amide bonds. The van der Waals surface area contributed by atoms with E-state index < -0.39 is 5.56 Å². The highest BCUT2D eigenvalue weighted by Crippen LogP contribution is 2.29. The molecule has 0 spiro atoms. The van der Waals surface area contributed by atoms with Gasteiger partial charge in [0.1, 0.15) is 0 Å². The molecule has 0 bridgehead atoms. The molecule has 0 radical (unpaired) electrons. The Balaban J connectivity index is 1.71. The summed E-state index contributed by atoms with van der Waals surface area (Å²) in [5.74, 6) is -0.660. The van der Waals surface area contributed by atoms with Crippen LogP contribution in [0.4, 0.5) is 11.4 Å². The van der Waals surface area contributed by atoms with Gasteiger partial charge in [0.15, 0.2) is 10.9 Å². The third-order valence-corrected chi connectivity index (χ3v) is 5.42. The Hall–Kier alpha value is -2.88. The molecule has 3 aromatic rings. The summed E-state index contributed by atoms with van der Waals surface area (Å²) in [5.41, 5.74) is 0.830. The molecular weight excluding hydrogens is 449 g/mol. The van der Waals surface area contributed by atoms with Crippen LogP contribution in [0.5, 0.6) is 0 Å². The summed E-state index contributed by atoms with van der Waals surface area (Å²) in [5, 5.41) is 14.0. The first-order valence-corrected chi connectivity index (χ1v) is 10.3. The number of nitrogens with zero attached hydrogens (tertiary/aromatic N) is 2. The largest absolute Gasteiger partial charge is 0.326 e. The maximum Gasteiger partial charge on any atom is 0.278 e. The Bertz CT molecular complexity index is 1170. The summed E-state index contributed by atoms with van der Waals surface area (Å²) >= 11 is 13.0. The van der Waals surface area contributed by atoms with Gasteiger partial charge in [0.25, 0.3) is 5.56 Å². The smallest absolute Gasteiger partial charge is 0.278 e. The van der Waals surface area contributed by atoms with Crippen LogP contribution in [0.1, 0.15) is 6.92 Å². The van der Waals surface area contributed by atoms with E-state index in [0.717, 1.165) is 11.8 Å². The molecule has 3 rings (SSSR count). The second-order valence-corrected chi connectivity index (χ2v) is 7.72. The number of anilines is 2. The zero-order valence-electron chi connectivity index (χ0n) is 15.5. The lowest BCUT2D eigenvalue weighted by Crippen LogP contribution is -2.18. The fourth-order valence-corrected chi connectivity index (χ4v) is 3.42. The normalized spacial score (nSPS) is 10.5. The van der Waals surface area contributed by atoms with Crippen LogP contribution in [0.15, 0.2) is 52.4 Å². The molecule has 0 aliphatic carbocycles. The van der Waals surface area contributed by atoms with Crippen LogP contribution in [0, 0.1) is 0 Å². The number of halogens is 2. The minimum Gasteiger partial charge on any atom is -0.326 e. The van der Waals surface area contributed by atoms with Gasteiger partial charge in [0, 0.05) is 12.5 Å². The zero-order valence-corrected chi connectivity index (χ0v) is 17.9. The van der Waals surface area contributed by atoms with Gasteiger partial charge in [-0.15, -0.1) is 10.2 Å². The van der Waals surface area contributed by atoms with E-state index in [0.29, 0.717) is 22.0 Å². The minimum absolute atomic E-state index is 0.0325. The summed E-state index contributed by atoms with van der Waals surface area (Å²) in [6.45, 7) is 1.37. The molecule has 2 aromatic carbocycles. The number of carbonyl (C=O) groups excluding carboxylic acids is 2. The standard InChI is InChI=1S/C19H15Cl2N5O3S/c1-10(27)22-13-7-3-2-5-11(13)17-18(29)24-19(26-25-17)30-9-15(28)23-14-8-4-6-12(20)16(14)21/h2-8H,9H2,1H3,(H,22,27)(H,23,28)(H,24,26,29). The summed E-state index contributed by atoms with van der Waals surface area (Å²) in [6.07, 6.45) is 0. The Morgan fingerprint density at radius 2 is 1.77 bits per heavy atom. The number of hydrogen-bond acceptors (Lipinski definition) is 6. The van der Waals surface area contributed by atoms with Gasteiger partial charge in [0.05, 0.1) is 27.2 Å². The molecule has 30 heavy (non-hydrogen) atoms. The van der Waals surface area contributed by atoms with Crippen molar-refractivity contribution >= 4 is 58.2 Å². The number of aromatic amines is 1. The number of nitrogens with one attached hydrogen (secondary N) is 3. The average Bonchev–Trinajstić information content (AvgIpc) is 2.70. The van der Waals surface area contributed by atoms with Crippen molar-refractivity contribution in [2.75, 3.05) is 16.4 Å². The molecule has 0 unspecified atom stereocenters. The molecule has 8 nitrogen and oxygen atoms in total. The van der Waals surface area contributed by atoms with Gasteiger partial charge in [-0.05, 0) is 18.2 Å². The highest BCUT2D eigenvalue weighted by atomic mass is 35.5. The van der Waals surface area contributed by atoms with Gasteiger partial charge in [-0.25, -0.2) is 0 Å². The van der Waals surface area contributed by atoms with E-state index in [1.807, 2.05) is 0 Å². The number of H-pyrrole nitrogens is 1. The molecule has 154 valence electrons. The van der Waals surface area contributed by atoms with E-state index in [1.165, 1.54) is 6.92 Å². The third-order valence-electron chi connectivity index (χ3n) is 3.73. The quantitative estimate of drug-likeness (QED) is 0.478. The van der Waals surface area contributed by atoms with Crippen molar-refractivity contribution in [3.05, 3.63) is 62.9 Å².